The summed E-state index contributed by atoms with van der Waals surface area (Å²) in [5, 5.41) is 3.78. The van der Waals surface area contributed by atoms with E-state index in [9.17, 15) is 0 Å². The van der Waals surface area contributed by atoms with Gasteiger partial charge in [-0.25, -0.2) is 0 Å². The van der Waals surface area contributed by atoms with Crippen molar-refractivity contribution in [2.75, 3.05) is 6.54 Å². The standard InChI is InChI=1S/C17H27N/c1-13-8-6-10-17(15(13)3)18-12-11-16-9-5-4-7-14(16)2/h4-5,7,9,13,15,17-18H,6,8,10-12H2,1-3H3. The highest BCUT2D eigenvalue weighted by Crippen LogP contribution is 2.29. The van der Waals surface area contributed by atoms with Crippen molar-refractivity contribution in [3.63, 3.8) is 0 Å². The highest BCUT2D eigenvalue weighted by molar-refractivity contribution is 5.25. The molecule has 0 aliphatic heterocycles. The number of rotatable bonds is 4. The average molecular weight is 245 g/mol. The molecule has 100 valence electrons. The van der Waals surface area contributed by atoms with Gasteiger partial charge in [-0.1, -0.05) is 51.0 Å². The molecule has 3 atom stereocenters. The monoisotopic (exact) mass is 245 g/mol. The third kappa shape index (κ3) is 3.35. The summed E-state index contributed by atoms with van der Waals surface area (Å²) in [7, 11) is 0. The van der Waals surface area contributed by atoms with Crippen LogP contribution in [0.5, 0.6) is 0 Å². The molecule has 18 heavy (non-hydrogen) atoms. The molecule has 1 N–H and O–H groups in total. The molecule has 2 rings (SSSR count). The van der Waals surface area contributed by atoms with Crippen molar-refractivity contribution >= 4 is 0 Å². The van der Waals surface area contributed by atoms with Crippen LogP contribution >= 0.6 is 0 Å². The first-order valence-corrected chi connectivity index (χ1v) is 7.46. The first-order valence-electron chi connectivity index (χ1n) is 7.46. The fourth-order valence-corrected chi connectivity index (χ4v) is 3.15. The predicted octanol–water partition coefficient (Wildman–Crippen LogP) is 3.95. The zero-order valence-electron chi connectivity index (χ0n) is 12.1. The van der Waals surface area contributed by atoms with Crippen LogP contribution in [0.4, 0.5) is 0 Å². The second-order valence-corrected chi connectivity index (χ2v) is 6.00. The first-order chi connectivity index (χ1) is 8.68. The number of benzene rings is 1. The molecule has 1 aromatic rings. The summed E-state index contributed by atoms with van der Waals surface area (Å²) in [6.07, 6.45) is 5.33. The molecular weight excluding hydrogens is 218 g/mol. The van der Waals surface area contributed by atoms with E-state index in [0.717, 1.165) is 30.8 Å². The van der Waals surface area contributed by atoms with Gasteiger partial charge in [0.05, 0.1) is 0 Å². The molecule has 1 aromatic carbocycles. The van der Waals surface area contributed by atoms with Crippen molar-refractivity contribution in [2.24, 2.45) is 11.8 Å². The van der Waals surface area contributed by atoms with Crippen LogP contribution in [0.15, 0.2) is 24.3 Å². The van der Waals surface area contributed by atoms with Gasteiger partial charge in [0.15, 0.2) is 0 Å². The minimum Gasteiger partial charge on any atom is -0.313 e. The topological polar surface area (TPSA) is 12.0 Å². The maximum Gasteiger partial charge on any atom is 0.00953 e. The summed E-state index contributed by atoms with van der Waals surface area (Å²) in [6, 6.07) is 9.47. The van der Waals surface area contributed by atoms with Crippen molar-refractivity contribution in [2.45, 2.75) is 52.5 Å². The molecule has 0 saturated heterocycles. The lowest BCUT2D eigenvalue weighted by atomic mass is 9.78. The molecule has 0 heterocycles. The van der Waals surface area contributed by atoms with Crippen LogP contribution in [0.3, 0.4) is 0 Å². The van der Waals surface area contributed by atoms with Gasteiger partial charge in [-0.15, -0.1) is 0 Å². The van der Waals surface area contributed by atoms with Crippen molar-refractivity contribution < 1.29 is 0 Å². The number of hydrogen-bond donors (Lipinski definition) is 1. The highest BCUT2D eigenvalue weighted by atomic mass is 14.9. The number of nitrogens with one attached hydrogen (secondary N) is 1. The Morgan fingerprint density at radius 3 is 2.72 bits per heavy atom. The quantitative estimate of drug-likeness (QED) is 0.847. The Labute approximate surface area is 112 Å². The van der Waals surface area contributed by atoms with E-state index in [-0.39, 0.29) is 0 Å². The van der Waals surface area contributed by atoms with Crippen molar-refractivity contribution in [1.29, 1.82) is 0 Å². The van der Waals surface area contributed by atoms with Crippen LogP contribution in [0, 0.1) is 18.8 Å². The maximum atomic E-state index is 3.78. The molecular formula is C17H27N. The van der Waals surface area contributed by atoms with Crippen molar-refractivity contribution in [3.8, 4) is 0 Å². The number of aryl methyl sites for hydroxylation is 1. The lowest BCUT2D eigenvalue weighted by molar-refractivity contribution is 0.208. The molecule has 0 aromatic heterocycles. The van der Waals surface area contributed by atoms with Gasteiger partial charge >= 0.3 is 0 Å². The first kappa shape index (κ1) is 13.6. The van der Waals surface area contributed by atoms with Crippen molar-refractivity contribution in [1.82, 2.24) is 5.32 Å². The lowest BCUT2D eigenvalue weighted by Crippen LogP contribution is -2.41. The summed E-state index contributed by atoms with van der Waals surface area (Å²) >= 11 is 0. The van der Waals surface area contributed by atoms with E-state index < -0.39 is 0 Å². The molecule has 0 spiro atoms. The van der Waals surface area contributed by atoms with Crippen molar-refractivity contribution in [3.05, 3.63) is 35.4 Å². The van der Waals surface area contributed by atoms with Gasteiger partial charge in [-0.05, 0) is 49.3 Å². The summed E-state index contributed by atoms with van der Waals surface area (Å²) in [6.45, 7) is 8.14. The Hall–Kier alpha value is -0.820. The molecule has 1 aliphatic carbocycles. The lowest BCUT2D eigenvalue weighted by Gasteiger charge is -2.34. The van der Waals surface area contributed by atoms with Gasteiger partial charge < -0.3 is 5.32 Å². The van der Waals surface area contributed by atoms with Crippen LogP contribution < -0.4 is 5.32 Å². The second-order valence-electron chi connectivity index (χ2n) is 6.00. The van der Waals surface area contributed by atoms with E-state index in [2.05, 4.69) is 50.4 Å². The SMILES string of the molecule is Cc1ccccc1CCNC1CCCC(C)C1C. The van der Waals surface area contributed by atoms with E-state index in [4.69, 9.17) is 0 Å². The molecule has 3 unspecified atom stereocenters. The molecule has 0 amide bonds. The van der Waals surface area contributed by atoms with E-state index in [1.54, 1.807) is 0 Å². The molecule has 1 fully saturated rings. The summed E-state index contributed by atoms with van der Waals surface area (Å²) < 4.78 is 0. The van der Waals surface area contributed by atoms with Crippen LogP contribution in [0.1, 0.15) is 44.2 Å². The minimum atomic E-state index is 0.734. The Bertz CT molecular complexity index is 372. The second kappa shape index (κ2) is 6.38. The van der Waals surface area contributed by atoms with E-state index in [1.165, 1.54) is 30.4 Å². The van der Waals surface area contributed by atoms with E-state index in [0.29, 0.717) is 0 Å². The van der Waals surface area contributed by atoms with Gasteiger partial charge in [-0.2, -0.15) is 0 Å². The largest absolute Gasteiger partial charge is 0.313 e. The molecule has 1 nitrogen and oxygen atoms in total. The number of hydrogen-bond acceptors (Lipinski definition) is 1. The fraction of sp³-hybridized carbons (Fsp3) is 0.647. The zero-order valence-corrected chi connectivity index (χ0v) is 12.1. The normalized spacial score (nSPS) is 28.3. The van der Waals surface area contributed by atoms with Gasteiger partial charge in [0, 0.05) is 6.04 Å². The van der Waals surface area contributed by atoms with Crippen LogP contribution in [0.2, 0.25) is 0 Å². The van der Waals surface area contributed by atoms with Crippen LogP contribution in [-0.2, 0) is 6.42 Å². The Balaban J connectivity index is 1.80. The fourth-order valence-electron chi connectivity index (χ4n) is 3.15. The van der Waals surface area contributed by atoms with Gasteiger partial charge in [-0.3, -0.25) is 0 Å². The highest BCUT2D eigenvalue weighted by Gasteiger charge is 2.26. The van der Waals surface area contributed by atoms with E-state index in [1.807, 2.05) is 0 Å². The third-order valence-electron chi connectivity index (χ3n) is 4.77. The van der Waals surface area contributed by atoms with Gasteiger partial charge in [0.25, 0.3) is 0 Å². The smallest absolute Gasteiger partial charge is 0.00953 e. The molecule has 0 bridgehead atoms. The third-order valence-corrected chi connectivity index (χ3v) is 4.77. The molecule has 1 heteroatoms. The summed E-state index contributed by atoms with van der Waals surface area (Å²) in [4.78, 5) is 0. The van der Waals surface area contributed by atoms with Gasteiger partial charge in [0.2, 0.25) is 0 Å². The molecule has 1 saturated carbocycles. The van der Waals surface area contributed by atoms with Crippen LogP contribution in [0.25, 0.3) is 0 Å². The Kier molecular flexibility index (Phi) is 4.82. The Morgan fingerprint density at radius 2 is 1.94 bits per heavy atom. The minimum absolute atomic E-state index is 0.734. The predicted molar refractivity (Wildman–Crippen MR) is 78.9 cm³/mol. The van der Waals surface area contributed by atoms with E-state index >= 15 is 0 Å². The maximum absolute atomic E-state index is 3.78. The summed E-state index contributed by atoms with van der Waals surface area (Å²) in [5.41, 5.74) is 2.91. The summed E-state index contributed by atoms with van der Waals surface area (Å²) in [5.74, 6) is 1.71. The van der Waals surface area contributed by atoms with Crippen LogP contribution in [-0.4, -0.2) is 12.6 Å². The molecule has 0 radical (unpaired) electrons. The van der Waals surface area contributed by atoms with Gasteiger partial charge in [0.1, 0.15) is 0 Å². The zero-order chi connectivity index (χ0) is 13.0. The molecule has 1 aliphatic rings. The Morgan fingerprint density at radius 1 is 1.17 bits per heavy atom. The average Bonchev–Trinajstić information content (AvgIpc) is 2.37.